The number of cyclic esters (lactones) is 1. The van der Waals surface area contributed by atoms with Crippen LogP contribution >= 0.6 is 0 Å². The largest absolute Gasteiger partial charge is 0.872 e. The van der Waals surface area contributed by atoms with Crippen LogP contribution in [0.25, 0.3) is 0 Å². The Morgan fingerprint density at radius 1 is 1.12 bits per heavy atom. The van der Waals surface area contributed by atoms with Crippen LogP contribution in [-0.2, 0) is 4.74 Å². The van der Waals surface area contributed by atoms with E-state index >= 15 is 0 Å². The molecule has 3 rings (SSSR count). The van der Waals surface area contributed by atoms with Gasteiger partial charge in [-0.3, -0.25) is 10.4 Å². The van der Waals surface area contributed by atoms with Crippen molar-refractivity contribution in [3.8, 4) is 17.2 Å². The van der Waals surface area contributed by atoms with E-state index in [1.54, 1.807) is 12.1 Å². The van der Waals surface area contributed by atoms with Crippen molar-refractivity contribution in [2.45, 2.75) is 6.10 Å². The summed E-state index contributed by atoms with van der Waals surface area (Å²) in [4.78, 5) is 12.3. The van der Waals surface area contributed by atoms with Crippen LogP contribution in [0, 0.1) is 0 Å². The highest BCUT2D eigenvalue weighted by Crippen LogP contribution is 2.46. The molecule has 2 N–H and O–H groups in total. The van der Waals surface area contributed by atoms with Crippen molar-refractivity contribution in [3.63, 3.8) is 0 Å². The van der Waals surface area contributed by atoms with Gasteiger partial charge in [-0.15, -0.1) is 11.0 Å². The number of anilines is 1. The van der Waals surface area contributed by atoms with Gasteiger partial charge in [-0.25, -0.2) is 4.79 Å². The molecular formula is C16H14NO7-. The van der Waals surface area contributed by atoms with E-state index in [0.29, 0.717) is 11.3 Å². The summed E-state index contributed by atoms with van der Waals surface area (Å²) in [6.07, 6.45) is -0.972. The summed E-state index contributed by atoms with van der Waals surface area (Å²) < 4.78 is 15.7. The van der Waals surface area contributed by atoms with Crippen molar-refractivity contribution in [1.29, 1.82) is 0 Å². The molecule has 0 saturated heterocycles. The van der Waals surface area contributed by atoms with Gasteiger partial charge >= 0.3 is 5.97 Å². The van der Waals surface area contributed by atoms with Crippen molar-refractivity contribution in [2.75, 3.05) is 19.4 Å². The first-order valence-corrected chi connectivity index (χ1v) is 6.92. The van der Waals surface area contributed by atoms with E-state index in [1.165, 1.54) is 26.4 Å². The van der Waals surface area contributed by atoms with Gasteiger partial charge < -0.3 is 19.3 Å². The van der Waals surface area contributed by atoms with E-state index < -0.39 is 17.8 Å². The Kier molecular flexibility index (Phi) is 3.92. The number of carbonyl (C=O) groups is 1. The molecule has 2 aromatic rings. The van der Waals surface area contributed by atoms with Crippen LogP contribution in [0.5, 0.6) is 17.2 Å². The minimum Gasteiger partial charge on any atom is -0.872 e. The number of rotatable bonds is 4. The Balaban J connectivity index is 2.16. The van der Waals surface area contributed by atoms with Crippen molar-refractivity contribution in [2.24, 2.45) is 0 Å². The van der Waals surface area contributed by atoms with Crippen molar-refractivity contribution >= 4 is 11.7 Å². The predicted octanol–water partition coefficient (Wildman–Crippen LogP) is 1.62. The molecule has 1 aliphatic heterocycles. The maximum absolute atomic E-state index is 12.3. The maximum Gasteiger partial charge on any atom is 0.343 e. The maximum atomic E-state index is 12.3. The first-order chi connectivity index (χ1) is 11.5. The van der Waals surface area contributed by atoms with Crippen LogP contribution < -0.4 is 19.8 Å². The summed E-state index contributed by atoms with van der Waals surface area (Å²) in [5.74, 6) is -0.472. The third kappa shape index (κ3) is 2.38. The van der Waals surface area contributed by atoms with E-state index in [2.05, 4.69) is 0 Å². The Bertz CT molecular complexity index is 803. The van der Waals surface area contributed by atoms with Gasteiger partial charge in [0.2, 0.25) is 0 Å². The third-order valence-corrected chi connectivity index (χ3v) is 3.80. The van der Waals surface area contributed by atoms with Gasteiger partial charge in [0.1, 0.15) is 5.56 Å². The fourth-order valence-electron chi connectivity index (χ4n) is 2.70. The van der Waals surface area contributed by atoms with Gasteiger partial charge in [-0.05, 0) is 23.8 Å². The van der Waals surface area contributed by atoms with Crippen LogP contribution in [0.2, 0.25) is 0 Å². The van der Waals surface area contributed by atoms with Gasteiger partial charge in [0.25, 0.3) is 0 Å². The molecule has 24 heavy (non-hydrogen) atoms. The molecule has 8 nitrogen and oxygen atoms in total. The molecule has 1 heterocycles. The van der Waals surface area contributed by atoms with Crippen LogP contribution in [0.4, 0.5) is 5.69 Å². The zero-order valence-corrected chi connectivity index (χ0v) is 12.8. The summed E-state index contributed by atoms with van der Waals surface area (Å²) in [6, 6.07) is 6.85. The van der Waals surface area contributed by atoms with Crippen molar-refractivity contribution < 1.29 is 34.5 Å². The number of carbonyl (C=O) groups excluding carboxylic acids is 1. The van der Waals surface area contributed by atoms with Gasteiger partial charge in [0.15, 0.2) is 17.6 Å². The van der Waals surface area contributed by atoms with Crippen molar-refractivity contribution in [3.05, 3.63) is 47.0 Å². The first-order valence-electron chi connectivity index (χ1n) is 6.92. The zero-order chi connectivity index (χ0) is 17.4. The summed E-state index contributed by atoms with van der Waals surface area (Å²) in [5, 5.41) is 30.3. The number of fused-ring (bicyclic) bond motifs is 1. The highest BCUT2D eigenvalue weighted by molar-refractivity contribution is 5.98. The second kappa shape index (κ2) is 5.91. The SMILES string of the molecule is COc1ccc2c(c1OC)C(=O)OC2c1cc(N(O)O)ccc1[O-]. The number of ether oxygens (including phenoxy) is 3. The minimum atomic E-state index is -0.972. The first kappa shape index (κ1) is 15.9. The van der Waals surface area contributed by atoms with Crippen LogP contribution in [0.1, 0.15) is 27.6 Å². The molecule has 0 amide bonds. The van der Waals surface area contributed by atoms with Gasteiger partial charge in [-0.1, -0.05) is 12.1 Å². The molecule has 8 heteroatoms. The van der Waals surface area contributed by atoms with Gasteiger partial charge in [-0.2, -0.15) is 0 Å². The summed E-state index contributed by atoms with van der Waals surface area (Å²) in [7, 11) is 2.84. The molecule has 2 aromatic carbocycles. The molecular weight excluding hydrogens is 318 g/mol. The number of methoxy groups -OCH3 is 2. The molecule has 1 aliphatic rings. The van der Waals surface area contributed by atoms with E-state index in [9.17, 15) is 9.90 Å². The third-order valence-electron chi connectivity index (χ3n) is 3.80. The second-order valence-corrected chi connectivity index (χ2v) is 5.06. The minimum absolute atomic E-state index is 0.0328. The fraction of sp³-hybridized carbons (Fsp3) is 0.188. The second-order valence-electron chi connectivity index (χ2n) is 5.06. The molecule has 126 valence electrons. The quantitative estimate of drug-likeness (QED) is 0.642. The van der Waals surface area contributed by atoms with E-state index in [4.69, 9.17) is 24.6 Å². The molecule has 0 aliphatic carbocycles. The Morgan fingerprint density at radius 3 is 2.50 bits per heavy atom. The lowest BCUT2D eigenvalue weighted by Gasteiger charge is -2.21. The van der Waals surface area contributed by atoms with Gasteiger partial charge in [0, 0.05) is 5.56 Å². The summed E-state index contributed by atoms with van der Waals surface area (Å²) >= 11 is 0. The molecule has 0 radical (unpaired) electrons. The molecule has 1 unspecified atom stereocenters. The number of benzene rings is 2. The average Bonchev–Trinajstić information content (AvgIpc) is 2.91. The number of nitrogens with zero attached hydrogens (tertiary/aromatic N) is 1. The van der Waals surface area contributed by atoms with Crippen molar-refractivity contribution in [1.82, 2.24) is 0 Å². The van der Waals surface area contributed by atoms with Crippen LogP contribution in [0.15, 0.2) is 30.3 Å². The monoisotopic (exact) mass is 332 g/mol. The molecule has 1 atom stereocenters. The highest BCUT2D eigenvalue weighted by Gasteiger charge is 2.37. The van der Waals surface area contributed by atoms with E-state index in [1.807, 2.05) is 0 Å². The number of esters is 1. The van der Waals surface area contributed by atoms with E-state index in [0.717, 1.165) is 6.07 Å². The smallest absolute Gasteiger partial charge is 0.343 e. The standard InChI is InChI=1S/C16H15NO7/c1-22-12-6-4-9-13(15(12)23-2)16(19)24-14(9)10-7-8(17(20)21)3-5-11(10)18/h3-7,14,18,20-21H,1-2H3/p-1. The lowest BCUT2D eigenvalue weighted by atomic mass is 9.97. The molecule has 0 fully saturated rings. The summed E-state index contributed by atoms with van der Waals surface area (Å²) in [5.41, 5.74) is 0.681. The van der Waals surface area contributed by atoms with Gasteiger partial charge in [0.05, 0.1) is 19.9 Å². The lowest BCUT2D eigenvalue weighted by Crippen LogP contribution is -2.13. The average molecular weight is 332 g/mol. The Morgan fingerprint density at radius 2 is 1.88 bits per heavy atom. The highest BCUT2D eigenvalue weighted by atomic mass is 16.8. The van der Waals surface area contributed by atoms with Crippen LogP contribution in [-0.4, -0.2) is 30.6 Å². The lowest BCUT2D eigenvalue weighted by molar-refractivity contribution is -0.270. The predicted molar refractivity (Wildman–Crippen MR) is 78.7 cm³/mol. The molecule has 0 aromatic heterocycles. The topological polar surface area (TPSA) is 112 Å². The molecule has 0 saturated carbocycles. The number of hydrogen-bond donors (Lipinski definition) is 2. The normalized spacial score (nSPS) is 15.7. The number of hydrogen-bond acceptors (Lipinski definition) is 8. The molecule has 0 spiro atoms. The Labute approximate surface area is 136 Å². The van der Waals surface area contributed by atoms with Crippen LogP contribution in [0.3, 0.4) is 0 Å². The fourth-order valence-corrected chi connectivity index (χ4v) is 2.70. The Hall–Kier alpha value is -2.97. The summed E-state index contributed by atoms with van der Waals surface area (Å²) in [6.45, 7) is 0. The zero-order valence-electron chi connectivity index (χ0n) is 12.8. The van der Waals surface area contributed by atoms with E-state index in [-0.39, 0.29) is 27.8 Å². The molecule has 0 bridgehead atoms.